The van der Waals surface area contributed by atoms with Crippen LogP contribution < -0.4 is 10.9 Å². The van der Waals surface area contributed by atoms with Crippen molar-refractivity contribution in [3.05, 3.63) is 69.2 Å². The van der Waals surface area contributed by atoms with Crippen LogP contribution >= 0.6 is 27.7 Å². The van der Waals surface area contributed by atoms with E-state index in [2.05, 4.69) is 31.2 Å². The van der Waals surface area contributed by atoms with Gasteiger partial charge in [0.05, 0.1) is 21.9 Å². The van der Waals surface area contributed by atoms with Gasteiger partial charge in [0.1, 0.15) is 5.82 Å². The highest BCUT2D eigenvalue weighted by molar-refractivity contribution is 9.10. The normalized spacial score (nSPS) is 12.1. The molecule has 0 saturated heterocycles. The van der Waals surface area contributed by atoms with E-state index in [-0.39, 0.29) is 22.5 Å². The van der Waals surface area contributed by atoms with Crippen molar-refractivity contribution in [2.45, 2.75) is 12.2 Å². The SMILES string of the molecule is CC(SCC(=O)Nc1cccc(Br)c1)c1nc2ccccc2c(=O)[nH]1. The summed E-state index contributed by atoms with van der Waals surface area (Å²) in [7, 11) is 0. The van der Waals surface area contributed by atoms with Crippen molar-refractivity contribution in [3.63, 3.8) is 0 Å². The van der Waals surface area contributed by atoms with E-state index in [1.807, 2.05) is 49.4 Å². The number of carbonyl (C=O) groups is 1. The molecule has 2 N–H and O–H groups in total. The molecule has 1 atom stereocenters. The highest BCUT2D eigenvalue weighted by Gasteiger charge is 2.13. The maximum absolute atomic E-state index is 12.1. The van der Waals surface area contributed by atoms with Gasteiger partial charge in [-0.2, -0.15) is 0 Å². The minimum Gasteiger partial charge on any atom is -0.325 e. The molecular weight excluding hydrogens is 402 g/mol. The first-order valence-corrected chi connectivity index (χ1v) is 9.53. The van der Waals surface area contributed by atoms with Crippen LogP contribution in [-0.4, -0.2) is 21.6 Å². The molecule has 0 saturated carbocycles. The van der Waals surface area contributed by atoms with Crippen molar-refractivity contribution in [3.8, 4) is 0 Å². The number of nitrogens with one attached hydrogen (secondary N) is 2. The fraction of sp³-hybridized carbons (Fsp3) is 0.167. The molecule has 0 aliphatic rings. The number of aromatic amines is 1. The molecule has 3 aromatic rings. The third-order valence-corrected chi connectivity index (χ3v) is 5.23. The summed E-state index contributed by atoms with van der Waals surface area (Å²) in [6, 6.07) is 14.6. The van der Waals surface area contributed by atoms with Gasteiger partial charge in [-0.05, 0) is 37.3 Å². The molecule has 0 aliphatic heterocycles. The quantitative estimate of drug-likeness (QED) is 0.654. The largest absolute Gasteiger partial charge is 0.325 e. The lowest BCUT2D eigenvalue weighted by molar-refractivity contribution is -0.113. The lowest BCUT2D eigenvalue weighted by Crippen LogP contribution is -2.16. The van der Waals surface area contributed by atoms with Crippen molar-refractivity contribution in [2.24, 2.45) is 0 Å². The average Bonchev–Trinajstić information content (AvgIpc) is 2.59. The standard InChI is InChI=1S/C18H16BrN3O2S/c1-11(17-21-15-8-3-2-7-14(15)18(24)22-17)25-10-16(23)20-13-6-4-5-12(19)9-13/h2-9,11H,10H2,1H3,(H,20,23)(H,21,22,24). The number of hydrogen-bond acceptors (Lipinski definition) is 4. The zero-order chi connectivity index (χ0) is 17.8. The molecule has 1 unspecified atom stereocenters. The van der Waals surface area contributed by atoms with Crippen LogP contribution in [0.2, 0.25) is 0 Å². The summed E-state index contributed by atoms with van der Waals surface area (Å²) in [6.07, 6.45) is 0. The van der Waals surface area contributed by atoms with Gasteiger partial charge in [-0.15, -0.1) is 11.8 Å². The number of thioether (sulfide) groups is 1. The van der Waals surface area contributed by atoms with Crippen LogP contribution in [0.15, 0.2) is 57.8 Å². The Morgan fingerprint density at radius 1 is 1.28 bits per heavy atom. The number of amides is 1. The molecule has 5 nitrogen and oxygen atoms in total. The Balaban J connectivity index is 1.65. The summed E-state index contributed by atoms with van der Waals surface area (Å²) >= 11 is 4.79. The lowest BCUT2D eigenvalue weighted by atomic mass is 10.2. The molecule has 2 aromatic carbocycles. The van der Waals surface area contributed by atoms with E-state index in [1.165, 1.54) is 11.8 Å². The maximum Gasteiger partial charge on any atom is 0.258 e. The van der Waals surface area contributed by atoms with Crippen molar-refractivity contribution < 1.29 is 4.79 Å². The van der Waals surface area contributed by atoms with Gasteiger partial charge in [0.2, 0.25) is 5.91 Å². The first kappa shape index (κ1) is 17.7. The second kappa shape index (κ2) is 7.84. The predicted molar refractivity (Wildman–Crippen MR) is 106 cm³/mol. The number of nitrogens with zero attached hydrogens (tertiary/aromatic N) is 1. The van der Waals surface area contributed by atoms with E-state index in [4.69, 9.17) is 0 Å². The lowest BCUT2D eigenvalue weighted by Gasteiger charge is -2.11. The summed E-state index contributed by atoms with van der Waals surface area (Å²) in [4.78, 5) is 31.5. The smallest absolute Gasteiger partial charge is 0.258 e. The molecular formula is C18H16BrN3O2S. The molecule has 1 heterocycles. The Bertz CT molecular complexity index is 974. The van der Waals surface area contributed by atoms with Gasteiger partial charge in [0, 0.05) is 10.2 Å². The molecule has 25 heavy (non-hydrogen) atoms. The molecule has 1 aromatic heterocycles. The van der Waals surface area contributed by atoms with Gasteiger partial charge in [-0.1, -0.05) is 34.1 Å². The van der Waals surface area contributed by atoms with Gasteiger partial charge in [-0.3, -0.25) is 9.59 Å². The Hall–Kier alpha value is -2.12. The van der Waals surface area contributed by atoms with Crippen LogP contribution in [0.25, 0.3) is 10.9 Å². The van der Waals surface area contributed by atoms with E-state index in [0.29, 0.717) is 16.7 Å². The number of hydrogen-bond donors (Lipinski definition) is 2. The summed E-state index contributed by atoms with van der Waals surface area (Å²) < 4.78 is 0.907. The number of rotatable bonds is 5. The Morgan fingerprint density at radius 2 is 2.08 bits per heavy atom. The minimum absolute atomic E-state index is 0.0990. The summed E-state index contributed by atoms with van der Waals surface area (Å²) in [6.45, 7) is 1.92. The number of aromatic nitrogens is 2. The predicted octanol–water partition coefficient (Wildman–Crippen LogP) is 4.12. The second-order valence-electron chi connectivity index (χ2n) is 5.48. The molecule has 0 spiro atoms. The molecule has 7 heteroatoms. The zero-order valence-corrected chi connectivity index (χ0v) is 15.9. The number of benzene rings is 2. The molecule has 3 rings (SSSR count). The van der Waals surface area contributed by atoms with Gasteiger partial charge in [-0.25, -0.2) is 4.98 Å². The van der Waals surface area contributed by atoms with Crippen LogP contribution in [-0.2, 0) is 4.79 Å². The first-order chi connectivity index (χ1) is 12.0. The zero-order valence-electron chi connectivity index (χ0n) is 13.5. The van der Waals surface area contributed by atoms with Gasteiger partial charge in [0.25, 0.3) is 5.56 Å². The second-order valence-corrected chi connectivity index (χ2v) is 7.72. The maximum atomic E-state index is 12.1. The van der Waals surface area contributed by atoms with Crippen LogP contribution in [0, 0.1) is 0 Å². The Kier molecular flexibility index (Phi) is 5.55. The molecule has 128 valence electrons. The third kappa shape index (κ3) is 4.49. The number of H-pyrrole nitrogens is 1. The molecule has 0 radical (unpaired) electrons. The monoisotopic (exact) mass is 417 g/mol. The first-order valence-electron chi connectivity index (χ1n) is 7.69. The summed E-state index contributed by atoms with van der Waals surface area (Å²) in [5.41, 5.74) is 1.24. The number of para-hydroxylation sites is 1. The average molecular weight is 418 g/mol. The van der Waals surface area contributed by atoms with Gasteiger partial charge in [0.15, 0.2) is 0 Å². The van der Waals surface area contributed by atoms with E-state index in [1.54, 1.807) is 6.07 Å². The summed E-state index contributed by atoms with van der Waals surface area (Å²) in [5.74, 6) is 0.742. The van der Waals surface area contributed by atoms with E-state index in [9.17, 15) is 9.59 Å². The van der Waals surface area contributed by atoms with Crippen LogP contribution in [0.1, 0.15) is 18.0 Å². The number of halogens is 1. The van der Waals surface area contributed by atoms with E-state index < -0.39 is 0 Å². The van der Waals surface area contributed by atoms with Gasteiger partial charge < -0.3 is 10.3 Å². The molecule has 1 amide bonds. The van der Waals surface area contributed by atoms with Crippen molar-refractivity contribution in [1.29, 1.82) is 0 Å². The van der Waals surface area contributed by atoms with Crippen molar-refractivity contribution >= 4 is 50.2 Å². The number of anilines is 1. The highest BCUT2D eigenvalue weighted by Crippen LogP contribution is 2.26. The summed E-state index contributed by atoms with van der Waals surface area (Å²) in [5, 5.41) is 3.31. The minimum atomic E-state index is -0.161. The molecule has 0 fully saturated rings. The molecule has 0 aliphatic carbocycles. The Labute approximate surface area is 157 Å². The molecule has 0 bridgehead atoms. The van der Waals surface area contributed by atoms with Crippen LogP contribution in [0.4, 0.5) is 5.69 Å². The number of fused-ring (bicyclic) bond motifs is 1. The highest BCUT2D eigenvalue weighted by atomic mass is 79.9. The van der Waals surface area contributed by atoms with E-state index >= 15 is 0 Å². The van der Waals surface area contributed by atoms with Gasteiger partial charge >= 0.3 is 0 Å². The van der Waals surface area contributed by atoms with Crippen molar-refractivity contribution in [2.75, 3.05) is 11.1 Å². The van der Waals surface area contributed by atoms with Crippen LogP contribution in [0.3, 0.4) is 0 Å². The topological polar surface area (TPSA) is 74.8 Å². The fourth-order valence-electron chi connectivity index (χ4n) is 2.34. The third-order valence-electron chi connectivity index (χ3n) is 3.59. The fourth-order valence-corrected chi connectivity index (χ4v) is 3.48. The number of carbonyl (C=O) groups excluding carboxylic acids is 1. The van der Waals surface area contributed by atoms with Crippen LogP contribution in [0.5, 0.6) is 0 Å². The van der Waals surface area contributed by atoms with Crippen molar-refractivity contribution in [1.82, 2.24) is 9.97 Å². The Morgan fingerprint density at radius 3 is 2.88 bits per heavy atom. The van der Waals surface area contributed by atoms with E-state index in [0.717, 1.165) is 10.2 Å².